The summed E-state index contributed by atoms with van der Waals surface area (Å²) in [5.41, 5.74) is 2.24. The van der Waals surface area contributed by atoms with Crippen LogP contribution in [0.15, 0.2) is 18.2 Å². The number of aryl methyl sites for hydroxylation is 1. The number of rotatable bonds is 5. The molecule has 84 valence electrons. The van der Waals surface area contributed by atoms with Crippen molar-refractivity contribution in [2.45, 2.75) is 19.6 Å². The Bertz CT molecular complexity index is 314. The predicted molar refractivity (Wildman–Crippen MR) is 67.2 cm³/mol. The molecule has 0 saturated heterocycles. The monoisotopic (exact) mass is 246 g/mol. The smallest absolute Gasteiger partial charge is 0.123 e. The number of hydrogen-bond acceptors (Lipinski definition) is 1. The number of hydrogen-bond donors (Lipinski definition) is 0. The molecule has 0 aromatic heterocycles. The second-order valence-corrected chi connectivity index (χ2v) is 5.18. The van der Waals surface area contributed by atoms with E-state index in [4.69, 9.17) is 11.6 Å². The summed E-state index contributed by atoms with van der Waals surface area (Å²) in [6.07, 6.45) is 0. The van der Waals surface area contributed by atoms with Crippen molar-refractivity contribution < 1.29 is 4.39 Å². The highest BCUT2D eigenvalue weighted by atomic mass is 35.5. The van der Waals surface area contributed by atoms with E-state index in [1.807, 2.05) is 24.8 Å². The third-order valence-corrected chi connectivity index (χ3v) is 4.07. The lowest BCUT2D eigenvalue weighted by molar-refractivity contribution is 0.626. The van der Waals surface area contributed by atoms with Crippen LogP contribution in [0.1, 0.15) is 18.1 Å². The summed E-state index contributed by atoms with van der Waals surface area (Å²) in [4.78, 5) is 0. The number of benzene rings is 1. The molecule has 0 aliphatic heterocycles. The van der Waals surface area contributed by atoms with Gasteiger partial charge in [-0.05, 0) is 41.9 Å². The van der Waals surface area contributed by atoms with E-state index in [-0.39, 0.29) is 5.82 Å². The molecule has 3 heteroatoms. The molecule has 0 amide bonds. The Hall–Kier alpha value is -0.210. The van der Waals surface area contributed by atoms with Gasteiger partial charge in [-0.2, -0.15) is 11.8 Å². The molecule has 0 fully saturated rings. The third-order valence-electron chi connectivity index (χ3n) is 2.23. The molecule has 0 radical (unpaired) electrons. The van der Waals surface area contributed by atoms with E-state index in [0.29, 0.717) is 11.8 Å². The van der Waals surface area contributed by atoms with Gasteiger partial charge < -0.3 is 0 Å². The van der Waals surface area contributed by atoms with Gasteiger partial charge in [-0.15, -0.1) is 11.6 Å². The summed E-state index contributed by atoms with van der Waals surface area (Å²) in [6.45, 7) is 4.08. The minimum absolute atomic E-state index is 0.157. The molecule has 0 spiro atoms. The lowest BCUT2D eigenvalue weighted by atomic mass is 10.1. The van der Waals surface area contributed by atoms with Gasteiger partial charge in [0.2, 0.25) is 0 Å². The third kappa shape index (κ3) is 4.43. The molecule has 1 rings (SSSR count). The highest BCUT2D eigenvalue weighted by molar-refractivity contribution is 7.98. The molecule has 0 aliphatic carbocycles. The minimum Gasteiger partial charge on any atom is -0.207 e. The van der Waals surface area contributed by atoms with Crippen molar-refractivity contribution in [1.82, 2.24) is 0 Å². The molecular weight excluding hydrogens is 231 g/mol. The molecule has 0 saturated carbocycles. The fourth-order valence-corrected chi connectivity index (χ4v) is 2.66. The van der Waals surface area contributed by atoms with Gasteiger partial charge >= 0.3 is 0 Å². The van der Waals surface area contributed by atoms with Crippen LogP contribution < -0.4 is 0 Å². The second kappa shape index (κ2) is 6.39. The minimum atomic E-state index is -0.157. The lowest BCUT2D eigenvalue weighted by Gasteiger charge is -2.08. The first kappa shape index (κ1) is 12.9. The van der Waals surface area contributed by atoms with Crippen LogP contribution in [0, 0.1) is 18.7 Å². The Morgan fingerprint density at radius 3 is 2.80 bits per heavy atom. The van der Waals surface area contributed by atoms with Gasteiger partial charge in [0.25, 0.3) is 0 Å². The summed E-state index contributed by atoms with van der Waals surface area (Å²) in [6, 6.07) is 4.97. The normalized spacial score (nSPS) is 12.8. The lowest BCUT2D eigenvalue weighted by Crippen LogP contribution is -2.00. The molecule has 1 aromatic rings. The Morgan fingerprint density at radius 1 is 1.47 bits per heavy atom. The van der Waals surface area contributed by atoms with E-state index in [1.165, 1.54) is 11.6 Å². The van der Waals surface area contributed by atoms with Crippen molar-refractivity contribution in [1.29, 1.82) is 0 Å². The van der Waals surface area contributed by atoms with Crippen LogP contribution in [0.2, 0.25) is 0 Å². The van der Waals surface area contributed by atoms with Crippen molar-refractivity contribution >= 4 is 23.4 Å². The van der Waals surface area contributed by atoms with E-state index in [2.05, 4.69) is 6.92 Å². The van der Waals surface area contributed by atoms with E-state index < -0.39 is 0 Å². The van der Waals surface area contributed by atoms with Crippen LogP contribution in [-0.2, 0) is 5.75 Å². The van der Waals surface area contributed by atoms with Crippen LogP contribution >= 0.6 is 23.4 Å². The maximum absolute atomic E-state index is 12.8. The van der Waals surface area contributed by atoms with Gasteiger partial charge in [0.1, 0.15) is 5.82 Å². The molecule has 15 heavy (non-hydrogen) atoms. The first-order valence-electron chi connectivity index (χ1n) is 5.02. The quantitative estimate of drug-likeness (QED) is 0.701. The highest BCUT2D eigenvalue weighted by Crippen LogP contribution is 2.19. The fraction of sp³-hybridized carbons (Fsp3) is 0.500. The van der Waals surface area contributed by atoms with Crippen molar-refractivity contribution in [2.75, 3.05) is 11.6 Å². The first-order chi connectivity index (χ1) is 7.13. The SMILES string of the molecule is Cc1cc(F)ccc1CSCC(C)CCl. The van der Waals surface area contributed by atoms with Gasteiger partial charge in [0, 0.05) is 11.6 Å². The van der Waals surface area contributed by atoms with Crippen LogP contribution in [0.4, 0.5) is 4.39 Å². The van der Waals surface area contributed by atoms with Crippen LogP contribution in [0.25, 0.3) is 0 Å². The summed E-state index contributed by atoms with van der Waals surface area (Å²) < 4.78 is 12.8. The average molecular weight is 247 g/mol. The summed E-state index contributed by atoms with van der Waals surface area (Å²) >= 11 is 7.58. The standard InChI is InChI=1S/C12H16ClFS/c1-9(6-13)7-15-8-11-3-4-12(14)5-10(11)2/h3-5,9H,6-8H2,1-2H3. The van der Waals surface area contributed by atoms with Gasteiger partial charge in [0.15, 0.2) is 0 Å². The van der Waals surface area contributed by atoms with Crippen molar-refractivity contribution in [3.8, 4) is 0 Å². The summed E-state index contributed by atoms with van der Waals surface area (Å²) in [5.74, 6) is 3.08. The summed E-state index contributed by atoms with van der Waals surface area (Å²) in [5, 5.41) is 0. The van der Waals surface area contributed by atoms with E-state index in [0.717, 1.165) is 17.1 Å². The second-order valence-electron chi connectivity index (χ2n) is 3.85. The summed E-state index contributed by atoms with van der Waals surface area (Å²) in [7, 11) is 0. The first-order valence-corrected chi connectivity index (χ1v) is 6.71. The zero-order valence-electron chi connectivity index (χ0n) is 9.09. The Morgan fingerprint density at radius 2 is 2.20 bits per heavy atom. The van der Waals surface area contributed by atoms with Crippen LogP contribution in [0.5, 0.6) is 0 Å². The molecule has 1 atom stereocenters. The Kier molecular flexibility index (Phi) is 5.48. The molecule has 0 heterocycles. The molecule has 1 unspecified atom stereocenters. The number of thioether (sulfide) groups is 1. The van der Waals surface area contributed by atoms with E-state index >= 15 is 0 Å². The topological polar surface area (TPSA) is 0 Å². The Balaban J connectivity index is 2.44. The van der Waals surface area contributed by atoms with Gasteiger partial charge in [-0.3, -0.25) is 0 Å². The molecular formula is C12H16ClFS. The fourth-order valence-electron chi connectivity index (χ4n) is 1.24. The highest BCUT2D eigenvalue weighted by Gasteiger charge is 2.03. The maximum atomic E-state index is 12.8. The average Bonchev–Trinajstić information content (AvgIpc) is 2.21. The van der Waals surface area contributed by atoms with Crippen molar-refractivity contribution in [3.63, 3.8) is 0 Å². The van der Waals surface area contributed by atoms with Crippen molar-refractivity contribution in [3.05, 3.63) is 35.1 Å². The van der Waals surface area contributed by atoms with Gasteiger partial charge in [0.05, 0.1) is 0 Å². The zero-order chi connectivity index (χ0) is 11.3. The van der Waals surface area contributed by atoms with Crippen LogP contribution in [-0.4, -0.2) is 11.6 Å². The predicted octanol–water partition coefficient (Wildman–Crippen LogP) is 4.24. The molecule has 0 bridgehead atoms. The van der Waals surface area contributed by atoms with Gasteiger partial charge in [-0.1, -0.05) is 13.0 Å². The van der Waals surface area contributed by atoms with Crippen molar-refractivity contribution in [2.24, 2.45) is 5.92 Å². The maximum Gasteiger partial charge on any atom is 0.123 e. The van der Waals surface area contributed by atoms with E-state index in [9.17, 15) is 4.39 Å². The molecule has 0 aliphatic rings. The van der Waals surface area contributed by atoms with Crippen LogP contribution in [0.3, 0.4) is 0 Å². The van der Waals surface area contributed by atoms with Gasteiger partial charge in [-0.25, -0.2) is 4.39 Å². The molecule has 0 nitrogen and oxygen atoms in total. The largest absolute Gasteiger partial charge is 0.207 e. The number of alkyl halides is 1. The van der Waals surface area contributed by atoms with E-state index in [1.54, 1.807) is 6.07 Å². The number of halogens is 2. The Labute approximate surface area is 100 Å². The molecule has 0 N–H and O–H groups in total. The zero-order valence-corrected chi connectivity index (χ0v) is 10.7. The molecule has 1 aromatic carbocycles.